The molecule has 0 aliphatic rings. The Morgan fingerprint density at radius 2 is 2.46 bits per heavy atom. The lowest BCUT2D eigenvalue weighted by Gasteiger charge is -1.92. The SMILES string of the molecule is OCC=Cc1cnc2cccnn12. The van der Waals surface area contributed by atoms with Crippen LogP contribution in [0.15, 0.2) is 30.6 Å². The summed E-state index contributed by atoms with van der Waals surface area (Å²) in [7, 11) is 0. The van der Waals surface area contributed by atoms with Crippen LogP contribution in [0.25, 0.3) is 11.7 Å². The lowest BCUT2D eigenvalue weighted by Crippen LogP contribution is -1.91. The monoisotopic (exact) mass is 175 g/mol. The van der Waals surface area contributed by atoms with E-state index in [1.807, 2.05) is 12.1 Å². The highest BCUT2D eigenvalue weighted by atomic mass is 16.2. The number of aliphatic hydroxyl groups excluding tert-OH is 1. The molecule has 0 bridgehead atoms. The Morgan fingerprint density at radius 3 is 3.31 bits per heavy atom. The first kappa shape index (κ1) is 7.94. The first-order valence-electron chi connectivity index (χ1n) is 3.98. The summed E-state index contributed by atoms with van der Waals surface area (Å²) in [6.45, 7) is 0.0278. The summed E-state index contributed by atoms with van der Waals surface area (Å²) >= 11 is 0. The fraction of sp³-hybridized carbons (Fsp3) is 0.111. The van der Waals surface area contributed by atoms with Crippen molar-refractivity contribution >= 4 is 11.7 Å². The molecule has 0 saturated heterocycles. The molecule has 13 heavy (non-hydrogen) atoms. The second kappa shape index (κ2) is 3.37. The van der Waals surface area contributed by atoms with Gasteiger partial charge in [-0.15, -0.1) is 0 Å². The first-order chi connectivity index (χ1) is 6.42. The van der Waals surface area contributed by atoms with Gasteiger partial charge >= 0.3 is 0 Å². The third-order valence-corrected chi connectivity index (χ3v) is 1.70. The van der Waals surface area contributed by atoms with E-state index in [0.29, 0.717) is 0 Å². The maximum absolute atomic E-state index is 8.60. The van der Waals surface area contributed by atoms with Crippen LogP contribution in [0.5, 0.6) is 0 Å². The predicted octanol–water partition coefficient (Wildman–Crippen LogP) is 0.735. The Morgan fingerprint density at radius 1 is 1.54 bits per heavy atom. The summed E-state index contributed by atoms with van der Waals surface area (Å²) in [6.07, 6.45) is 6.85. The first-order valence-corrected chi connectivity index (χ1v) is 3.98. The van der Waals surface area contributed by atoms with Crippen LogP contribution < -0.4 is 0 Å². The number of nitrogens with zero attached hydrogens (tertiary/aromatic N) is 3. The van der Waals surface area contributed by atoms with Gasteiger partial charge in [0, 0.05) is 6.20 Å². The summed E-state index contributed by atoms with van der Waals surface area (Å²) in [5, 5.41) is 12.7. The van der Waals surface area contributed by atoms with Gasteiger partial charge in [0.1, 0.15) is 0 Å². The third-order valence-electron chi connectivity index (χ3n) is 1.70. The maximum atomic E-state index is 8.60. The van der Waals surface area contributed by atoms with Crippen molar-refractivity contribution < 1.29 is 5.11 Å². The Labute approximate surface area is 75.2 Å². The maximum Gasteiger partial charge on any atom is 0.154 e. The van der Waals surface area contributed by atoms with E-state index < -0.39 is 0 Å². The van der Waals surface area contributed by atoms with Crippen molar-refractivity contribution in [2.24, 2.45) is 0 Å². The highest BCUT2D eigenvalue weighted by molar-refractivity contribution is 5.50. The van der Waals surface area contributed by atoms with E-state index in [-0.39, 0.29) is 6.61 Å². The van der Waals surface area contributed by atoms with Gasteiger partial charge in [-0.2, -0.15) is 5.10 Å². The third kappa shape index (κ3) is 1.43. The van der Waals surface area contributed by atoms with E-state index in [9.17, 15) is 0 Å². The topological polar surface area (TPSA) is 50.4 Å². The molecule has 2 aromatic heterocycles. The van der Waals surface area contributed by atoms with E-state index >= 15 is 0 Å². The second-order valence-corrected chi connectivity index (χ2v) is 2.56. The van der Waals surface area contributed by atoms with Gasteiger partial charge in [0.15, 0.2) is 5.65 Å². The number of hydrogen-bond acceptors (Lipinski definition) is 3. The smallest absolute Gasteiger partial charge is 0.154 e. The van der Waals surface area contributed by atoms with Crippen LogP contribution in [0.1, 0.15) is 5.69 Å². The van der Waals surface area contributed by atoms with Crippen LogP contribution in [0.3, 0.4) is 0 Å². The normalized spacial score (nSPS) is 11.5. The van der Waals surface area contributed by atoms with Crippen molar-refractivity contribution in [3.63, 3.8) is 0 Å². The molecular formula is C9H9N3O. The minimum absolute atomic E-state index is 0.0278. The molecule has 4 nitrogen and oxygen atoms in total. The van der Waals surface area contributed by atoms with Crippen LogP contribution in [0, 0.1) is 0 Å². The zero-order valence-electron chi connectivity index (χ0n) is 6.96. The van der Waals surface area contributed by atoms with Gasteiger partial charge in [-0.3, -0.25) is 0 Å². The number of hydrogen-bond donors (Lipinski definition) is 1. The van der Waals surface area contributed by atoms with Crippen LogP contribution in [0.2, 0.25) is 0 Å². The van der Waals surface area contributed by atoms with Crippen molar-refractivity contribution in [1.82, 2.24) is 14.6 Å². The predicted molar refractivity (Wildman–Crippen MR) is 49.1 cm³/mol. The van der Waals surface area contributed by atoms with Crippen LogP contribution in [-0.2, 0) is 0 Å². The molecule has 0 radical (unpaired) electrons. The zero-order chi connectivity index (χ0) is 9.10. The lowest BCUT2D eigenvalue weighted by atomic mass is 10.4. The van der Waals surface area contributed by atoms with Gasteiger partial charge in [0.05, 0.1) is 18.5 Å². The molecule has 2 rings (SSSR count). The van der Waals surface area contributed by atoms with Gasteiger partial charge in [-0.25, -0.2) is 9.50 Å². The average Bonchev–Trinajstić information content (AvgIpc) is 2.58. The minimum atomic E-state index is 0.0278. The van der Waals surface area contributed by atoms with E-state index in [0.717, 1.165) is 11.3 Å². The average molecular weight is 175 g/mol. The molecule has 0 fully saturated rings. The molecule has 2 aromatic rings. The Balaban J connectivity index is 2.52. The van der Waals surface area contributed by atoms with Gasteiger partial charge in [-0.1, -0.05) is 6.08 Å². The zero-order valence-corrected chi connectivity index (χ0v) is 6.96. The van der Waals surface area contributed by atoms with Crippen molar-refractivity contribution in [3.8, 4) is 0 Å². The molecule has 0 aliphatic heterocycles. The quantitative estimate of drug-likeness (QED) is 0.732. The van der Waals surface area contributed by atoms with E-state index in [4.69, 9.17) is 5.11 Å². The molecule has 1 N–H and O–H groups in total. The molecule has 0 spiro atoms. The number of rotatable bonds is 2. The Kier molecular flexibility index (Phi) is 2.06. The molecule has 0 atom stereocenters. The molecule has 4 heteroatoms. The molecule has 2 heterocycles. The van der Waals surface area contributed by atoms with Crippen molar-refractivity contribution in [3.05, 3.63) is 36.3 Å². The molecule has 66 valence electrons. The van der Waals surface area contributed by atoms with E-state index in [1.165, 1.54) is 0 Å². The van der Waals surface area contributed by atoms with Gasteiger partial charge in [0.2, 0.25) is 0 Å². The summed E-state index contributed by atoms with van der Waals surface area (Å²) in [6, 6.07) is 3.71. The van der Waals surface area contributed by atoms with Crippen molar-refractivity contribution in [2.75, 3.05) is 6.61 Å². The highest BCUT2D eigenvalue weighted by Crippen LogP contribution is 2.04. The fourth-order valence-electron chi connectivity index (χ4n) is 1.13. The number of aliphatic hydroxyl groups is 1. The number of aromatic nitrogens is 3. The standard InChI is InChI=1S/C9H9N3O/c13-6-2-3-8-7-10-9-4-1-5-11-12(8)9/h1-5,7,13H,6H2. The minimum Gasteiger partial charge on any atom is -0.392 e. The highest BCUT2D eigenvalue weighted by Gasteiger charge is 1.97. The van der Waals surface area contributed by atoms with Gasteiger partial charge in [0.25, 0.3) is 0 Å². The molecule has 0 saturated carbocycles. The van der Waals surface area contributed by atoms with Gasteiger partial charge in [-0.05, 0) is 18.2 Å². The largest absolute Gasteiger partial charge is 0.392 e. The van der Waals surface area contributed by atoms with E-state index in [2.05, 4.69) is 10.1 Å². The van der Waals surface area contributed by atoms with Crippen molar-refractivity contribution in [2.45, 2.75) is 0 Å². The van der Waals surface area contributed by atoms with Gasteiger partial charge < -0.3 is 5.11 Å². The van der Waals surface area contributed by atoms with Crippen LogP contribution in [-0.4, -0.2) is 26.3 Å². The summed E-state index contributed by atoms with van der Waals surface area (Å²) in [5.41, 5.74) is 1.67. The number of fused-ring (bicyclic) bond motifs is 1. The molecule has 0 aromatic carbocycles. The summed E-state index contributed by atoms with van der Waals surface area (Å²) in [5.74, 6) is 0. The fourth-order valence-corrected chi connectivity index (χ4v) is 1.13. The number of imidazole rings is 1. The second-order valence-electron chi connectivity index (χ2n) is 2.56. The molecule has 0 aliphatic carbocycles. The molecule has 0 amide bonds. The Hall–Kier alpha value is -1.68. The van der Waals surface area contributed by atoms with Crippen molar-refractivity contribution in [1.29, 1.82) is 0 Å². The van der Waals surface area contributed by atoms with Crippen LogP contribution in [0.4, 0.5) is 0 Å². The summed E-state index contributed by atoms with van der Waals surface area (Å²) in [4.78, 5) is 4.14. The Bertz CT molecular complexity index is 433. The lowest BCUT2D eigenvalue weighted by molar-refractivity contribution is 0.343. The molecular weight excluding hydrogens is 166 g/mol. The van der Waals surface area contributed by atoms with Crippen LogP contribution >= 0.6 is 0 Å². The molecule has 0 unspecified atom stereocenters. The van der Waals surface area contributed by atoms with E-state index in [1.54, 1.807) is 29.1 Å². The summed E-state index contributed by atoms with van der Waals surface area (Å²) < 4.78 is 1.71.